The molecule has 0 aromatic heterocycles. The van der Waals surface area contributed by atoms with Gasteiger partial charge >= 0.3 is 0 Å². The number of rotatable bonds is 4. The molecule has 1 aliphatic rings. The van der Waals surface area contributed by atoms with Crippen LogP contribution in [-0.2, 0) is 0 Å². The van der Waals surface area contributed by atoms with Gasteiger partial charge in [-0.3, -0.25) is 4.79 Å². The molecule has 1 amide bonds. The van der Waals surface area contributed by atoms with Crippen LogP contribution < -0.4 is 14.8 Å². The van der Waals surface area contributed by atoms with Crippen molar-refractivity contribution in [1.29, 1.82) is 0 Å². The summed E-state index contributed by atoms with van der Waals surface area (Å²) in [6.07, 6.45) is 0.00325. The Bertz CT molecular complexity index is 732. The van der Waals surface area contributed by atoms with Gasteiger partial charge in [-0.05, 0) is 23.8 Å². The van der Waals surface area contributed by atoms with Crippen LogP contribution in [0.2, 0.25) is 0 Å². The fourth-order valence-electron chi connectivity index (χ4n) is 3.01. The highest BCUT2D eigenvalue weighted by molar-refractivity contribution is 14.1. The number of hydrogen-bond donors (Lipinski definition) is 1. The van der Waals surface area contributed by atoms with Crippen LogP contribution in [-0.4, -0.2) is 30.6 Å². The number of para-hydroxylation sites is 1. The van der Waals surface area contributed by atoms with Crippen molar-refractivity contribution >= 4 is 28.5 Å². The molecule has 2 aromatic rings. The van der Waals surface area contributed by atoms with Gasteiger partial charge in [0.15, 0.2) is 0 Å². The third-order valence-electron chi connectivity index (χ3n) is 4.10. The first-order chi connectivity index (χ1) is 11.2. The second kappa shape index (κ2) is 6.78. The van der Waals surface area contributed by atoms with Crippen LogP contribution in [0.25, 0.3) is 0 Å². The number of amides is 1. The van der Waals surface area contributed by atoms with E-state index in [1.807, 2.05) is 30.3 Å². The third-order valence-corrected chi connectivity index (χ3v) is 4.97. The van der Waals surface area contributed by atoms with Crippen molar-refractivity contribution in [2.45, 2.75) is 12.0 Å². The van der Waals surface area contributed by atoms with Gasteiger partial charge in [-0.1, -0.05) is 46.9 Å². The average molecular weight is 423 g/mol. The van der Waals surface area contributed by atoms with Gasteiger partial charge in [0.25, 0.3) is 5.91 Å². The molecule has 2 aromatic carbocycles. The maximum atomic E-state index is 12.1. The quantitative estimate of drug-likeness (QED) is 0.606. The van der Waals surface area contributed by atoms with E-state index in [9.17, 15) is 4.79 Å². The minimum atomic E-state index is -0.125. The van der Waals surface area contributed by atoms with Crippen LogP contribution >= 0.6 is 22.6 Å². The molecule has 2 atom stereocenters. The number of benzene rings is 2. The lowest BCUT2D eigenvalue weighted by molar-refractivity contribution is 0.0958. The Morgan fingerprint density at radius 1 is 1.30 bits per heavy atom. The number of fused-ring (bicyclic) bond motifs is 1. The van der Waals surface area contributed by atoms with Crippen LogP contribution in [0.4, 0.5) is 0 Å². The van der Waals surface area contributed by atoms with E-state index in [-0.39, 0.29) is 17.9 Å². The number of nitrogens with one attached hydrogen (secondary N) is 1. The van der Waals surface area contributed by atoms with Crippen LogP contribution in [0.15, 0.2) is 42.5 Å². The van der Waals surface area contributed by atoms with E-state index in [4.69, 9.17) is 9.47 Å². The van der Waals surface area contributed by atoms with E-state index in [1.165, 1.54) is 0 Å². The molecule has 23 heavy (non-hydrogen) atoms. The molecule has 0 radical (unpaired) electrons. The number of hydrogen-bond acceptors (Lipinski definition) is 3. The molecule has 0 spiro atoms. The van der Waals surface area contributed by atoms with Gasteiger partial charge in [-0.2, -0.15) is 0 Å². The molecule has 0 saturated carbocycles. The third kappa shape index (κ3) is 2.89. The van der Waals surface area contributed by atoms with Gasteiger partial charge in [0, 0.05) is 17.0 Å². The molecule has 3 rings (SSSR count). The largest absolute Gasteiger partial charge is 0.497 e. The van der Waals surface area contributed by atoms with Crippen molar-refractivity contribution in [3.05, 3.63) is 59.2 Å². The summed E-state index contributed by atoms with van der Waals surface area (Å²) < 4.78 is 12.3. The van der Waals surface area contributed by atoms with E-state index >= 15 is 0 Å². The van der Waals surface area contributed by atoms with Crippen LogP contribution in [0.1, 0.15) is 27.4 Å². The molecule has 5 heteroatoms. The highest BCUT2D eigenvalue weighted by Crippen LogP contribution is 2.45. The number of alkyl halides is 1. The number of ether oxygens (including phenoxy) is 2. The van der Waals surface area contributed by atoms with Crippen molar-refractivity contribution in [2.24, 2.45) is 0 Å². The zero-order chi connectivity index (χ0) is 16.4. The molecule has 0 bridgehead atoms. The molecule has 0 aliphatic carbocycles. The number of carbonyl (C=O) groups excluding carboxylic acids is 1. The minimum Gasteiger partial charge on any atom is -0.497 e. The average Bonchev–Trinajstić information content (AvgIpc) is 2.99. The van der Waals surface area contributed by atoms with Crippen LogP contribution in [0, 0.1) is 0 Å². The lowest BCUT2D eigenvalue weighted by Gasteiger charge is -2.18. The predicted molar refractivity (Wildman–Crippen MR) is 98.0 cm³/mol. The van der Waals surface area contributed by atoms with E-state index < -0.39 is 0 Å². The Hall–Kier alpha value is -1.76. The summed E-state index contributed by atoms with van der Waals surface area (Å²) in [5, 5.41) is 2.68. The molecule has 1 aliphatic heterocycles. The van der Waals surface area contributed by atoms with Crippen LogP contribution in [0.3, 0.4) is 0 Å². The van der Waals surface area contributed by atoms with Gasteiger partial charge in [0.1, 0.15) is 17.6 Å². The molecule has 0 fully saturated rings. The normalized spacial score (nSPS) is 18.9. The maximum Gasteiger partial charge on any atom is 0.254 e. The number of methoxy groups -OCH3 is 1. The monoisotopic (exact) mass is 423 g/mol. The summed E-state index contributed by atoms with van der Waals surface area (Å²) in [6, 6.07) is 13.8. The van der Waals surface area contributed by atoms with E-state index in [0.717, 1.165) is 21.3 Å². The summed E-state index contributed by atoms with van der Waals surface area (Å²) in [7, 11) is 3.30. The van der Waals surface area contributed by atoms with Crippen molar-refractivity contribution in [3.8, 4) is 11.5 Å². The van der Waals surface area contributed by atoms with Crippen molar-refractivity contribution in [2.75, 3.05) is 18.6 Å². The smallest absolute Gasteiger partial charge is 0.254 e. The summed E-state index contributed by atoms with van der Waals surface area (Å²) >= 11 is 2.33. The van der Waals surface area contributed by atoms with E-state index in [0.29, 0.717) is 11.3 Å². The minimum absolute atomic E-state index is 0.00325. The predicted octanol–water partition coefficient (Wildman–Crippen LogP) is 3.38. The summed E-state index contributed by atoms with van der Waals surface area (Å²) in [4.78, 5) is 12.1. The summed E-state index contributed by atoms with van der Waals surface area (Å²) in [6.45, 7) is 0. The first kappa shape index (κ1) is 16.1. The second-order valence-corrected chi connectivity index (χ2v) is 6.25. The Morgan fingerprint density at radius 3 is 2.78 bits per heavy atom. The molecular weight excluding hydrogens is 405 g/mol. The second-order valence-electron chi connectivity index (χ2n) is 5.37. The fourth-order valence-corrected chi connectivity index (χ4v) is 3.70. The van der Waals surface area contributed by atoms with Gasteiger partial charge in [-0.25, -0.2) is 0 Å². The van der Waals surface area contributed by atoms with Gasteiger partial charge in [0.05, 0.1) is 18.6 Å². The topological polar surface area (TPSA) is 47.6 Å². The van der Waals surface area contributed by atoms with E-state index in [2.05, 4.69) is 34.0 Å². The van der Waals surface area contributed by atoms with Gasteiger partial charge in [0.2, 0.25) is 0 Å². The Morgan fingerprint density at radius 2 is 2.09 bits per heavy atom. The molecule has 1 heterocycles. The summed E-state index contributed by atoms with van der Waals surface area (Å²) in [5.74, 6) is 1.49. The Balaban J connectivity index is 2.10. The number of carbonyl (C=O) groups is 1. The van der Waals surface area contributed by atoms with Crippen molar-refractivity contribution in [1.82, 2.24) is 5.32 Å². The lowest BCUT2D eigenvalue weighted by Crippen LogP contribution is -2.22. The summed E-state index contributed by atoms with van der Waals surface area (Å²) in [5.41, 5.74) is 2.78. The van der Waals surface area contributed by atoms with E-state index in [1.54, 1.807) is 20.2 Å². The highest BCUT2D eigenvalue weighted by Gasteiger charge is 2.37. The zero-order valence-electron chi connectivity index (χ0n) is 13.0. The van der Waals surface area contributed by atoms with Crippen molar-refractivity contribution < 1.29 is 14.3 Å². The number of halogens is 1. The molecule has 0 unspecified atom stereocenters. The first-order valence-corrected chi connectivity index (χ1v) is 8.93. The maximum absolute atomic E-state index is 12.1. The highest BCUT2D eigenvalue weighted by atomic mass is 127. The molecule has 4 nitrogen and oxygen atoms in total. The van der Waals surface area contributed by atoms with Crippen LogP contribution in [0.5, 0.6) is 11.5 Å². The zero-order valence-corrected chi connectivity index (χ0v) is 15.2. The fraction of sp³-hybridized carbons (Fsp3) is 0.278. The molecule has 1 N–H and O–H groups in total. The lowest BCUT2D eigenvalue weighted by atomic mass is 9.88. The molecular formula is C18H18INO3. The van der Waals surface area contributed by atoms with Gasteiger partial charge in [-0.15, -0.1) is 0 Å². The Labute approximate surface area is 149 Å². The SMILES string of the molecule is CNC(=O)c1cccc2c1O[C@H](CI)[C@H]2c1cccc(OC)c1. The standard InChI is InChI=1S/C18H18INO3/c1-20-18(21)14-8-4-7-13-16(15(10-19)23-17(13)14)11-5-3-6-12(9-11)22-2/h3-9,15-16H,10H2,1-2H3,(H,20,21)/t15-,16+/m1/s1. The van der Waals surface area contributed by atoms with Gasteiger partial charge < -0.3 is 14.8 Å². The Kier molecular flexibility index (Phi) is 4.75. The first-order valence-electron chi connectivity index (χ1n) is 7.41. The molecule has 0 saturated heterocycles. The van der Waals surface area contributed by atoms with Crippen molar-refractivity contribution in [3.63, 3.8) is 0 Å². The molecule has 120 valence electrons.